The van der Waals surface area contributed by atoms with E-state index in [1.54, 1.807) is 0 Å². The van der Waals surface area contributed by atoms with Crippen LogP contribution in [0.5, 0.6) is 0 Å². The molecule has 0 atom stereocenters. The Kier molecular flexibility index (Phi) is 2.30. The van der Waals surface area contributed by atoms with Gasteiger partial charge in [-0.15, -0.1) is 0 Å². The average Bonchev–Trinajstić information content (AvgIpc) is 1.86. The third kappa shape index (κ3) is 2.27. The topological polar surface area (TPSA) is 54.4 Å². The normalized spacial score (nSPS) is 11.5. The van der Waals surface area contributed by atoms with Crippen LogP contribution in [0.3, 0.4) is 0 Å². The second-order valence-electron chi connectivity index (χ2n) is 1.93. The number of rotatable bonds is 1. The van der Waals surface area contributed by atoms with Gasteiger partial charge in [-0.05, 0) is 0 Å². The first-order valence-corrected chi connectivity index (χ1v) is 6.13. The zero-order valence-electron chi connectivity index (χ0n) is 5.36. The molecule has 0 aliphatic heterocycles. The molecule has 0 fully saturated rings. The Morgan fingerprint density at radius 1 is 1.18 bits per heavy atom. The minimum absolute atomic E-state index is 0.0781. The van der Waals surface area contributed by atoms with E-state index in [2.05, 4.69) is 0 Å². The van der Waals surface area contributed by atoms with Gasteiger partial charge >= 0.3 is 70.2 Å². The molecular formula is C6H5ClO3Se. The zero-order valence-corrected chi connectivity index (χ0v) is 7.83. The first-order chi connectivity index (χ1) is 5.00. The quantitative estimate of drug-likeness (QED) is 0.719. The van der Waals surface area contributed by atoms with E-state index in [9.17, 15) is 7.67 Å². The van der Waals surface area contributed by atoms with Gasteiger partial charge in [0.25, 0.3) is 0 Å². The van der Waals surface area contributed by atoms with Gasteiger partial charge in [-0.25, -0.2) is 0 Å². The van der Waals surface area contributed by atoms with Crippen molar-refractivity contribution in [3.8, 4) is 0 Å². The third-order valence-corrected chi connectivity index (χ3v) is 3.18. The van der Waals surface area contributed by atoms with Gasteiger partial charge in [0.1, 0.15) is 0 Å². The Hall–Kier alpha value is -0.411. The SMILES string of the molecule is O=[Se](=O)(O)c1ccc(Cl)cc1. The number of halogens is 1. The van der Waals surface area contributed by atoms with Gasteiger partial charge in [-0.3, -0.25) is 0 Å². The van der Waals surface area contributed by atoms with Crippen molar-refractivity contribution < 1.29 is 11.9 Å². The maximum absolute atomic E-state index is 10.5. The number of benzene rings is 1. The van der Waals surface area contributed by atoms with Crippen LogP contribution in [0.4, 0.5) is 0 Å². The van der Waals surface area contributed by atoms with E-state index in [-0.39, 0.29) is 4.46 Å². The summed E-state index contributed by atoms with van der Waals surface area (Å²) < 4.78 is 29.6. The van der Waals surface area contributed by atoms with Gasteiger partial charge < -0.3 is 0 Å². The Labute approximate surface area is 70.6 Å². The van der Waals surface area contributed by atoms with E-state index >= 15 is 0 Å². The summed E-state index contributed by atoms with van der Waals surface area (Å²) in [6.45, 7) is 0. The van der Waals surface area contributed by atoms with Crippen molar-refractivity contribution in [2.24, 2.45) is 0 Å². The molecular weight excluding hydrogens is 234 g/mol. The van der Waals surface area contributed by atoms with Crippen molar-refractivity contribution in [1.82, 2.24) is 0 Å². The van der Waals surface area contributed by atoms with Crippen LogP contribution in [0.15, 0.2) is 24.3 Å². The van der Waals surface area contributed by atoms with E-state index in [1.165, 1.54) is 24.3 Å². The van der Waals surface area contributed by atoms with Crippen molar-refractivity contribution in [2.45, 2.75) is 0 Å². The molecule has 0 radical (unpaired) electrons. The number of hydrogen-bond acceptors (Lipinski definition) is 2. The second kappa shape index (κ2) is 2.91. The summed E-state index contributed by atoms with van der Waals surface area (Å²) in [5.41, 5.74) is 0. The summed E-state index contributed by atoms with van der Waals surface area (Å²) in [7, 11) is 0. The molecule has 0 amide bonds. The summed E-state index contributed by atoms with van der Waals surface area (Å²) >= 11 is 0.711. The van der Waals surface area contributed by atoms with E-state index in [0.717, 1.165) is 0 Å². The van der Waals surface area contributed by atoms with E-state index < -0.39 is 13.0 Å². The molecule has 0 bridgehead atoms. The standard InChI is InChI=1S/C6H5ClO3Se/c7-5-1-3-6(4-2-5)11(8,9)10/h1-4H,(H,8,9,10). The van der Waals surface area contributed by atoms with E-state index in [0.29, 0.717) is 5.02 Å². The minimum atomic E-state index is -4.78. The molecule has 0 heterocycles. The first kappa shape index (κ1) is 8.68. The van der Waals surface area contributed by atoms with E-state index in [1.807, 2.05) is 0 Å². The van der Waals surface area contributed by atoms with Crippen LogP contribution in [-0.4, -0.2) is 17.2 Å². The Balaban J connectivity index is 3.20. The van der Waals surface area contributed by atoms with Crippen LogP contribution < -0.4 is 4.46 Å². The Bertz CT molecular complexity index is 341. The fraction of sp³-hybridized carbons (Fsp3) is 0. The van der Waals surface area contributed by atoms with Crippen LogP contribution in [0, 0.1) is 0 Å². The molecule has 1 N–H and O–H groups in total. The molecule has 1 aromatic rings. The molecule has 0 unspecified atom stereocenters. The van der Waals surface area contributed by atoms with Gasteiger partial charge in [-0.2, -0.15) is 0 Å². The molecule has 0 saturated carbocycles. The fourth-order valence-corrected chi connectivity index (χ4v) is 1.74. The third-order valence-electron chi connectivity index (χ3n) is 1.11. The fourth-order valence-electron chi connectivity index (χ4n) is 0.607. The van der Waals surface area contributed by atoms with Gasteiger partial charge in [0.05, 0.1) is 0 Å². The molecule has 0 aliphatic carbocycles. The molecule has 0 spiro atoms. The molecule has 0 saturated heterocycles. The average molecular weight is 240 g/mol. The predicted octanol–water partition coefficient (Wildman–Crippen LogP) is 0.339. The molecule has 60 valence electrons. The van der Waals surface area contributed by atoms with Crippen LogP contribution in [0.25, 0.3) is 0 Å². The monoisotopic (exact) mass is 240 g/mol. The predicted molar refractivity (Wildman–Crippen MR) is 40.4 cm³/mol. The van der Waals surface area contributed by atoms with Gasteiger partial charge in [0.2, 0.25) is 0 Å². The van der Waals surface area contributed by atoms with Crippen molar-refractivity contribution in [1.29, 1.82) is 0 Å². The van der Waals surface area contributed by atoms with Crippen molar-refractivity contribution in [3.63, 3.8) is 0 Å². The van der Waals surface area contributed by atoms with E-state index in [4.69, 9.17) is 15.8 Å². The summed E-state index contributed by atoms with van der Waals surface area (Å²) in [6.07, 6.45) is 0. The molecule has 11 heavy (non-hydrogen) atoms. The molecule has 0 aromatic heterocycles. The first-order valence-electron chi connectivity index (χ1n) is 2.73. The van der Waals surface area contributed by atoms with Crippen LogP contribution in [0.2, 0.25) is 5.02 Å². The van der Waals surface area contributed by atoms with Gasteiger partial charge in [0, 0.05) is 0 Å². The Morgan fingerprint density at radius 3 is 2.00 bits per heavy atom. The van der Waals surface area contributed by atoms with Crippen molar-refractivity contribution >= 4 is 29.1 Å². The van der Waals surface area contributed by atoms with Crippen molar-refractivity contribution in [2.75, 3.05) is 0 Å². The van der Waals surface area contributed by atoms with Gasteiger partial charge in [-0.1, -0.05) is 0 Å². The van der Waals surface area contributed by atoms with Crippen LogP contribution >= 0.6 is 11.6 Å². The molecule has 1 aromatic carbocycles. The van der Waals surface area contributed by atoms with Crippen LogP contribution in [0.1, 0.15) is 0 Å². The summed E-state index contributed by atoms with van der Waals surface area (Å²) in [5.74, 6) is 0. The molecule has 3 nitrogen and oxygen atoms in total. The Morgan fingerprint density at radius 2 is 1.64 bits per heavy atom. The summed E-state index contributed by atoms with van der Waals surface area (Å²) in [6, 6.07) is 5.36. The molecule has 5 heteroatoms. The van der Waals surface area contributed by atoms with Crippen LogP contribution in [-0.2, 0) is 7.67 Å². The van der Waals surface area contributed by atoms with Crippen molar-refractivity contribution in [3.05, 3.63) is 29.3 Å². The number of hydrogen-bond donors (Lipinski definition) is 1. The molecule has 1 rings (SSSR count). The summed E-state index contributed by atoms with van der Waals surface area (Å²) in [4.78, 5) is 0. The maximum atomic E-state index is 10.5. The molecule has 0 aliphatic rings. The van der Waals surface area contributed by atoms with Gasteiger partial charge in [0.15, 0.2) is 0 Å². The zero-order chi connectivity index (χ0) is 8.48. The second-order valence-corrected chi connectivity index (χ2v) is 5.35. The summed E-state index contributed by atoms with van der Waals surface area (Å²) in [5, 5.41) is 0.440.